The molecular formula is C18H26N4OS. The molecule has 1 aliphatic rings. The van der Waals surface area contributed by atoms with Crippen molar-refractivity contribution < 1.29 is 4.74 Å². The number of benzene rings is 1. The van der Waals surface area contributed by atoms with E-state index in [4.69, 9.17) is 4.74 Å². The Hall–Kier alpha value is -1.53. The molecule has 0 N–H and O–H groups in total. The van der Waals surface area contributed by atoms with E-state index in [0.717, 1.165) is 49.7 Å². The first-order valence-corrected chi connectivity index (χ1v) is 9.56. The first-order valence-electron chi connectivity index (χ1n) is 8.57. The Morgan fingerprint density at radius 1 is 1.21 bits per heavy atom. The van der Waals surface area contributed by atoms with Crippen molar-refractivity contribution in [1.29, 1.82) is 0 Å². The highest BCUT2D eigenvalue weighted by molar-refractivity contribution is 7.98. The average molecular weight is 347 g/mol. The van der Waals surface area contributed by atoms with Crippen LogP contribution in [0.4, 0.5) is 5.95 Å². The minimum atomic E-state index is 0.555. The van der Waals surface area contributed by atoms with Gasteiger partial charge < -0.3 is 9.64 Å². The van der Waals surface area contributed by atoms with Gasteiger partial charge in [-0.15, -0.1) is 10.2 Å². The molecule has 1 fully saturated rings. The summed E-state index contributed by atoms with van der Waals surface area (Å²) in [6.45, 7) is 10.8. The van der Waals surface area contributed by atoms with Gasteiger partial charge in [0.1, 0.15) is 0 Å². The molecule has 1 aromatic heterocycles. The number of aromatic nitrogens is 3. The van der Waals surface area contributed by atoms with Crippen LogP contribution in [0.15, 0.2) is 29.4 Å². The Morgan fingerprint density at radius 3 is 2.71 bits per heavy atom. The number of aryl methyl sites for hydroxylation is 1. The third-order valence-corrected chi connectivity index (χ3v) is 5.03. The molecule has 1 aromatic carbocycles. The molecule has 0 atom stereocenters. The smallest absolute Gasteiger partial charge is 0.228 e. The van der Waals surface area contributed by atoms with E-state index in [9.17, 15) is 0 Å². The fraction of sp³-hybridized carbons (Fsp3) is 0.556. The third-order valence-electron chi connectivity index (χ3n) is 3.99. The van der Waals surface area contributed by atoms with Crippen molar-refractivity contribution in [2.45, 2.75) is 38.2 Å². The zero-order valence-corrected chi connectivity index (χ0v) is 15.6. The SMILES string of the molecule is Cc1cccc(CSc2nnc(N3CCOCC3)n2CC(C)C)c1. The van der Waals surface area contributed by atoms with E-state index in [0.29, 0.717) is 5.92 Å². The topological polar surface area (TPSA) is 43.2 Å². The van der Waals surface area contributed by atoms with Gasteiger partial charge in [0.25, 0.3) is 0 Å². The lowest BCUT2D eigenvalue weighted by Gasteiger charge is -2.28. The normalized spacial score (nSPS) is 15.2. The zero-order chi connectivity index (χ0) is 16.9. The highest BCUT2D eigenvalue weighted by atomic mass is 32.2. The summed E-state index contributed by atoms with van der Waals surface area (Å²) in [4.78, 5) is 2.29. The van der Waals surface area contributed by atoms with E-state index in [-0.39, 0.29) is 0 Å². The fourth-order valence-corrected chi connectivity index (χ4v) is 3.75. The van der Waals surface area contributed by atoms with Crippen LogP contribution in [-0.4, -0.2) is 41.1 Å². The first kappa shape index (κ1) is 17.3. The summed E-state index contributed by atoms with van der Waals surface area (Å²) in [6.07, 6.45) is 0. The molecule has 0 radical (unpaired) electrons. The summed E-state index contributed by atoms with van der Waals surface area (Å²) < 4.78 is 7.74. The second-order valence-corrected chi connectivity index (χ2v) is 7.61. The average Bonchev–Trinajstić information content (AvgIpc) is 2.96. The number of hydrogen-bond donors (Lipinski definition) is 0. The van der Waals surface area contributed by atoms with Gasteiger partial charge in [-0.1, -0.05) is 55.4 Å². The van der Waals surface area contributed by atoms with Crippen LogP contribution < -0.4 is 4.90 Å². The van der Waals surface area contributed by atoms with Gasteiger partial charge in [0.2, 0.25) is 5.95 Å². The molecule has 1 aliphatic heterocycles. The molecule has 130 valence electrons. The maximum absolute atomic E-state index is 5.46. The van der Waals surface area contributed by atoms with Gasteiger partial charge in [-0.05, 0) is 18.4 Å². The number of hydrogen-bond acceptors (Lipinski definition) is 5. The monoisotopic (exact) mass is 346 g/mol. The summed E-state index contributed by atoms with van der Waals surface area (Å²) in [5.41, 5.74) is 2.62. The van der Waals surface area contributed by atoms with Gasteiger partial charge in [-0.3, -0.25) is 4.57 Å². The quantitative estimate of drug-likeness (QED) is 0.750. The molecule has 24 heavy (non-hydrogen) atoms. The number of nitrogens with zero attached hydrogens (tertiary/aromatic N) is 4. The Labute approximate surface area is 148 Å². The van der Waals surface area contributed by atoms with Crippen molar-refractivity contribution in [3.8, 4) is 0 Å². The lowest BCUT2D eigenvalue weighted by Crippen LogP contribution is -2.38. The van der Waals surface area contributed by atoms with Crippen molar-refractivity contribution in [2.24, 2.45) is 5.92 Å². The second-order valence-electron chi connectivity index (χ2n) is 6.66. The van der Waals surface area contributed by atoms with Crippen molar-refractivity contribution in [2.75, 3.05) is 31.2 Å². The number of rotatable bonds is 6. The number of ether oxygens (including phenoxy) is 1. The first-order chi connectivity index (χ1) is 11.6. The van der Waals surface area contributed by atoms with Crippen molar-refractivity contribution in [1.82, 2.24) is 14.8 Å². The predicted octanol–water partition coefficient (Wildman–Crippen LogP) is 3.37. The number of thioether (sulfide) groups is 1. The van der Waals surface area contributed by atoms with Crippen molar-refractivity contribution in [3.05, 3.63) is 35.4 Å². The Bertz CT molecular complexity index is 665. The van der Waals surface area contributed by atoms with E-state index in [2.05, 4.69) is 64.7 Å². The van der Waals surface area contributed by atoms with Crippen LogP contribution in [0.5, 0.6) is 0 Å². The van der Waals surface area contributed by atoms with E-state index in [1.165, 1.54) is 11.1 Å². The Kier molecular flexibility index (Phi) is 5.79. The van der Waals surface area contributed by atoms with Gasteiger partial charge >= 0.3 is 0 Å². The third kappa shape index (κ3) is 4.30. The molecule has 1 saturated heterocycles. The largest absolute Gasteiger partial charge is 0.378 e. The highest BCUT2D eigenvalue weighted by Gasteiger charge is 2.21. The van der Waals surface area contributed by atoms with Crippen LogP contribution >= 0.6 is 11.8 Å². The fourth-order valence-electron chi connectivity index (χ4n) is 2.86. The minimum absolute atomic E-state index is 0.555. The summed E-state index contributed by atoms with van der Waals surface area (Å²) in [5, 5.41) is 9.97. The molecule has 0 saturated carbocycles. The number of morpholine rings is 1. The van der Waals surface area contributed by atoms with E-state index >= 15 is 0 Å². The van der Waals surface area contributed by atoms with Gasteiger partial charge in [0, 0.05) is 25.4 Å². The van der Waals surface area contributed by atoms with Crippen molar-refractivity contribution >= 4 is 17.7 Å². The summed E-state index contributed by atoms with van der Waals surface area (Å²) >= 11 is 1.77. The molecule has 6 heteroatoms. The van der Waals surface area contributed by atoms with E-state index < -0.39 is 0 Å². The lowest BCUT2D eigenvalue weighted by atomic mass is 10.2. The highest BCUT2D eigenvalue weighted by Crippen LogP contribution is 2.26. The van der Waals surface area contributed by atoms with Crippen LogP contribution in [0.2, 0.25) is 0 Å². The van der Waals surface area contributed by atoms with Crippen LogP contribution in [0.25, 0.3) is 0 Å². The van der Waals surface area contributed by atoms with Gasteiger partial charge in [-0.2, -0.15) is 0 Å². The maximum atomic E-state index is 5.46. The zero-order valence-electron chi connectivity index (χ0n) is 14.7. The standard InChI is InChI=1S/C18H26N4OS/c1-14(2)12-22-17(21-7-9-23-10-8-21)19-20-18(22)24-13-16-6-4-5-15(3)11-16/h4-6,11,14H,7-10,12-13H2,1-3H3. The molecule has 5 nitrogen and oxygen atoms in total. The molecule has 0 bridgehead atoms. The summed E-state index contributed by atoms with van der Waals surface area (Å²) in [5.74, 6) is 2.46. The number of anilines is 1. The molecule has 0 aliphatic carbocycles. The van der Waals surface area contributed by atoms with Crippen LogP contribution in [0.1, 0.15) is 25.0 Å². The van der Waals surface area contributed by atoms with Gasteiger partial charge in [0.05, 0.1) is 13.2 Å². The van der Waals surface area contributed by atoms with E-state index in [1.807, 2.05) is 0 Å². The Balaban J connectivity index is 1.77. The van der Waals surface area contributed by atoms with Gasteiger partial charge in [-0.25, -0.2) is 0 Å². The molecule has 2 aromatic rings. The molecule has 0 amide bonds. The maximum Gasteiger partial charge on any atom is 0.228 e. The van der Waals surface area contributed by atoms with Crippen LogP contribution in [0, 0.1) is 12.8 Å². The molecule has 0 unspecified atom stereocenters. The summed E-state index contributed by atoms with van der Waals surface area (Å²) in [7, 11) is 0. The summed E-state index contributed by atoms with van der Waals surface area (Å²) in [6, 6.07) is 8.65. The van der Waals surface area contributed by atoms with Crippen LogP contribution in [-0.2, 0) is 17.0 Å². The molecule has 0 spiro atoms. The van der Waals surface area contributed by atoms with E-state index in [1.54, 1.807) is 11.8 Å². The lowest BCUT2D eigenvalue weighted by molar-refractivity contribution is 0.121. The second kappa shape index (κ2) is 8.03. The van der Waals surface area contributed by atoms with Crippen LogP contribution in [0.3, 0.4) is 0 Å². The molecular weight excluding hydrogens is 320 g/mol. The van der Waals surface area contributed by atoms with Crippen molar-refractivity contribution in [3.63, 3.8) is 0 Å². The minimum Gasteiger partial charge on any atom is -0.378 e. The predicted molar refractivity (Wildman–Crippen MR) is 98.6 cm³/mol. The molecule has 3 rings (SSSR count). The molecule has 2 heterocycles. The van der Waals surface area contributed by atoms with Gasteiger partial charge in [0.15, 0.2) is 5.16 Å². The Morgan fingerprint density at radius 2 is 2.00 bits per heavy atom.